The standard InChI is InChI=1S/C21H22N4O5S2/c1-29-20-11-15(5-6-19(20)26)13-22-24-21-23-18(14-31-21)16-3-2-4-17(12-16)32(27,28)25-7-9-30-10-8-25/h2-6,11-14,26H,7-10H2,1H3,(H,23,24)/b22-13+. The number of nitrogens with zero attached hydrogens (tertiary/aromatic N) is 3. The molecule has 0 unspecified atom stereocenters. The number of morpholine rings is 1. The molecule has 1 fully saturated rings. The number of anilines is 1. The number of benzene rings is 2. The lowest BCUT2D eigenvalue weighted by Gasteiger charge is -2.26. The Kier molecular flexibility index (Phi) is 6.70. The summed E-state index contributed by atoms with van der Waals surface area (Å²) in [5.74, 6) is 0.414. The number of aromatic hydroxyl groups is 1. The molecule has 1 aromatic heterocycles. The number of hydrogen-bond acceptors (Lipinski definition) is 9. The minimum atomic E-state index is -3.58. The number of nitrogens with one attached hydrogen (secondary N) is 1. The van der Waals surface area contributed by atoms with Crippen molar-refractivity contribution in [3.8, 4) is 22.8 Å². The molecule has 0 radical (unpaired) electrons. The van der Waals surface area contributed by atoms with Crippen LogP contribution in [0.15, 0.2) is 57.8 Å². The van der Waals surface area contributed by atoms with Gasteiger partial charge >= 0.3 is 0 Å². The average molecular weight is 475 g/mol. The maximum Gasteiger partial charge on any atom is 0.243 e. The lowest BCUT2D eigenvalue weighted by atomic mass is 10.2. The summed E-state index contributed by atoms with van der Waals surface area (Å²) in [5.41, 5.74) is 4.96. The van der Waals surface area contributed by atoms with E-state index in [4.69, 9.17) is 9.47 Å². The molecular weight excluding hydrogens is 452 g/mol. The first-order chi connectivity index (χ1) is 15.5. The zero-order chi connectivity index (χ0) is 22.6. The van der Waals surface area contributed by atoms with Crippen LogP contribution in [0.3, 0.4) is 0 Å². The Morgan fingerprint density at radius 1 is 1.25 bits per heavy atom. The number of methoxy groups -OCH3 is 1. The third-order valence-electron chi connectivity index (χ3n) is 4.82. The van der Waals surface area contributed by atoms with E-state index in [1.807, 2.05) is 11.4 Å². The first-order valence-electron chi connectivity index (χ1n) is 9.77. The van der Waals surface area contributed by atoms with Crippen LogP contribution in [0.4, 0.5) is 5.13 Å². The van der Waals surface area contributed by atoms with Crippen molar-refractivity contribution in [2.75, 3.05) is 38.8 Å². The highest BCUT2D eigenvalue weighted by Crippen LogP contribution is 2.28. The van der Waals surface area contributed by atoms with Gasteiger partial charge in [0.1, 0.15) is 0 Å². The summed E-state index contributed by atoms with van der Waals surface area (Å²) in [6.07, 6.45) is 1.58. The Hall–Kier alpha value is -2.99. The summed E-state index contributed by atoms with van der Waals surface area (Å²) >= 11 is 1.35. The number of ether oxygens (including phenoxy) is 2. The Morgan fingerprint density at radius 2 is 2.06 bits per heavy atom. The van der Waals surface area contributed by atoms with Gasteiger partial charge in [-0.1, -0.05) is 12.1 Å². The van der Waals surface area contributed by atoms with E-state index >= 15 is 0 Å². The van der Waals surface area contributed by atoms with Crippen molar-refractivity contribution in [3.05, 3.63) is 53.4 Å². The van der Waals surface area contributed by atoms with Gasteiger partial charge in [0, 0.05) is 24.0 Å². The van der Waals surface area contributed by atoms with Gasteiger partial charge in [0.15, 0.2) is 11.5 Å². The molecule has 0 amide bonds. The number of phenolic OH excluding ortho intramolecular Hbond substituents is 1. The van der Waals surface area contributed by atoms with E-state index in [0.29, 0.717) is 48.4 Å². The fraction of sp³-hybridized carbons (Fsp3) is 0.238. The van der Waals surface area contributed by atoms with Crippen molar-refractivity contribution in [1.82, 2.24) is 9.29 Å². The lowest BCUT2D eigenvalue weighted by Crippen LogP contribution is -2.40. The topological polar surface area (TPSA) is 113 Å². The Labute approximate surface area is 190 Å². The predicted octanol–water partition coefficient (Wildman–Crippen LogP) is 2.99. The number of sulfonamides is 1. The maximum absolute atomic E-state index is 12.9. The molecule has 168 valence electrons. The monoisotopic (exact) mass is 474 g/mol. The van der Waals surface area contributed by atoms with E-state index < -0.39 is 10.0 Å². The van der Waals surface area contributed by atoms with Gasteiger partial charge in [-0.3, -0.25) is 5.43 Å². The second kappa shape index (κ2) is 9.65. The molecule has 0 bridgehead atoms. The molecule has 2 N–H and O–H groups in total. The van der Waals surface area contributed by atoms with Crippen molar-refractivity contribution in [1.29, 1.82) is 0 Å². The van der Waals surface area contributed by atoms with Crippen molar-refractivity contribution in [3.63, 3.8) is 0 Å². The van der Waals surface area contributed by atoms with Gasteiger partial charge in [0.25, 0.3) is 0 Å². The number of hydrazone groups is 1. The Balaban J connectivity index is 1.47. The van der Waals surface area contributed by atoms with Crippen LogP contribution in [-0.4, -0.2) is 62.4 Å². The highest BCUT2D eigenvalue weighted by Gasteiger charge is 2.26. The lowest BCUT2D eigenvalue weighted by molar-refractivity contribution is 0.0730. The van der Waals surface area contributed by atoms with Crippen LogP contribution in [0, 0.1) is 0 Å². The average Bonchev–Trinajstić information content (AvgIpc) is 3.30. The van der Waals surface area contributed by atoms with Crippen molar-refractivity contribution in [2.24, 2.45) is 5.10 Å². The molecule has 0 spiro atoms. The van der Waals surface area contributed by atoms with Crippen LogP contribution in [0.1, 0.15) is 5.56 Å². The number of hydrogen-bond donors (Lipinski definition) is 2. The largest absolute Gasteiger partial charge is 0.504 e. The third kappa shape index (κ3) is 4.91. The molecular formula is C21H22N4O5S2. The summed E-state index contributed by atoms with van der Waals surface area (Å²) in [7, 11) is -2.10. The van der Waals surface area contributed by atoms with E-state index in [0.717, 1.165) is 5.56 Å². The molecule has 11 heteroatoms. The van der Waals surface area contributed by atoms with Crippen LogP contribution in [0.2, 0.25) is 0 Å². The van der Waals surface area contributed by atoms with Gasteiger partial charge in [-0.25, -0.2) is 13.4 Å². The molecule has 3 aromatic rings. The third-order valence-corrected chi connectivity index (χ3v) is 7.46. The van der Waals surface area contributed by atoms with E-state index in [1.165, 1.54) is 28.8 Å². The molecule has 9 nitrogen and oxygen atoms in total. The number of phenols is 1. The molecule has 2 heterocycles. The molecule has 0 saturated carbocycles. The first kappa shape index (κ1) is 22.2. The molecule has 4 rings (SSSR count). The fourth-order valence-electron chi connectivity index (χ4n) is 3.15. The van der Waals surface area contributed by atoms with Gasteiger partial charge in [0.2, 0.25) is 15.2 Å². The zero-order valence-electron chi connectivity index (χ0n) is 17.3. The zero-order valence-corrected chi connectivity index (χ0v) is 18.9. The van der Waals surface area contributed by atoms with Gasteiger partial charge in [-0.2, -0.15) is 9.41 Å². The van der Waals surface area contributed by atoms with Crippen molar-refractivity contribution >= 4 is 32.7 Å². The summed E-state index contributed by atoms with van der Waals surface area (Å²) in [4.78, 5) is 4.73. The van der Waals surface area contributed by atoms with Gasteiger partial charge in [-0.05, 0) is 35.9 Å². The van der Waals surface area contributed by atoms with E-state index in [-0.39, 0.29) is 10.6 Å². The van der Waals surface area contributed by atoms with Crippen LogP contribution < -0.4 is 10.2 Å². The number of thiazole rings is 1. The molecule has 1 aliphatic rings. The van der Waals surface area contributed by atoms with E-state index in [1.54, 1.807) is 36.5 Å². The number of aromatic nitrogens is 1. The van der Waals surface area contributed by atoms with Crippen molar-refractivity contribution in [2.45, 2.75) is 4.90 Å². The highest BCUT2D eigenvalue weighted by atomic mass is 32.2. The van der Waals surface area contributed by atoms with Crippen LogP contribution in [0.5, 0.6) is 11.5 Å². The van der Waals surface area contributed by atoms with Crippen LogP contribution >= 0.6 is 11.3 Å². The fourth-order valence-corrected chi connectivity index (χ4v) is 5.27. The highest BCUT2D eigenvalue weighted by molar-refractivity contribution is 7.89. The second-order valence-corrected chi connectivity index (χ2v) is 9.68. The summed E-state index contributed by atoms with van der Waals surface area (Å²) in [5, 5.41) is 16.2. The molecule has 0 atom stereocenters. The number of rotatable bonds is 7. The maximum atomic E-state index is 12.9. The Bertz CT molecular complexity index is 1220. The summed E-state index contributed by atoms with van der Waals surface area (Å²) in [6.45, 7) is 1.50. The summed E-state index contributed by atoms with van der Waals surface area (Å²) in [6, 6.07) is 11.7. The van der Waals surface area contributed by atoms with Crippen molar-refractivity contribution < 1.29 is 23.0 Å². The van der Waals surface area contributed by atoms with Gasteiger partial charge in [0.05, 0.1) is 37.1 Å². The van der Waals surface area contributed by atoms with E-state index in [9.17, 15) is 13.5 Å². The Morgan fingerprint density at radius 3 is 2.84 bits per heavy atom. The second-order valence-electron chi connectivity index (χ2n) is 6.88. The summed E-state index contributed by atoms with van der Waals surface area (Å²) < 4.78 is 37.6. The van der Waals surface area contributed by atoms with Gasteiger partial charge < -0.3 is 14.6 Å². The SMILES string of the molecule is COc1cc(/C=N/Nc2nc(-c3cccc(S(=O)(=O)N4CCOCC4)c3)cs2)ccc1O. The minimum absolute atomic E-state index is 0.0556. The van der Waals surface area contributed by atoms with Gasteiger partial charge in [-0.15, -0.1) is 11.3 Å². The predicted molar refractivity (Wildman–Crippen MR) is 123 cm³/mol. The normalized spacial score (nSPS) is 15.2. The van der Waals surface area contributed by atoms with E-state index in [2.05, 4.69) is 15.5 Å². The molecule has 1 saturated heterocycles. The smallest absolute Gasteiger partial charge is 0.243 e. The molecule has 32 heavy (non-hydrogen) atoms. The van der Waals surface area contributed by atoms with Crippen LogP contribution in [0.25, 0.3) is 11.3 Å². The molecule has 1 aliphatic heterocycles. The first-order valence-corrected chi connectivity index (χ1v) is 12.1. The quantitative estimate of drug-likeness (QED) is 0.400. The minimum Gasteiger partial charge on any atom is -0.504 e. The van der Waals surface area contributed by atoms with Crippen LogP contribution in [-0.2, 0) is 14.8 Å². The molecule has 2 aromatic carbocycles. The molecule has 0 aliphatic carbocycles.